The molecule has 1 heterocycles. The number of rotatable bonds is 2. The summed E-state index contributed by atoms with van der Waals surface area (Å²) in [7, 11) is 0.131. The van der Waals surface area contributed by atoms with Crippen LogP contribution in [0.3, 0.4) is 0 Å². The van der Waals surface area contributed by atoms with Gasteiger partial charge in [-0.25, -0.2) is 0 Å². The quantitative estimate of drug-likeness (QED) is 0.533. The fourth-order valence-electron chi connectivity index (χ4n) is 1.47. The van der Waals surface area contributed by atoms with Crippen molar-refractivity contribution in [3.05, 3.63) is 17.7 Å². The standard InChI is InChI=1S/C9H9BO6.Na/c1-14-5-2-3-6-8(7(5)9(11)12)16-10(13)4-15-6;/h2-3,13H,4H2,1H3,(H,11,12);/q;+1/p-1. The van der Waals surface area contributed by atoms with E-state index in [2.05, 4.69) is 0 Å². The number of carboxylic acids is 1. The molecule has 0 atom stereocenters. The van der Waals surface area contributed by atoms with Crippen LogP contribution in [0.25, 0.3) is 0 Å². The maximum Gasteiger partial charge on any atom is 1.00 e. The first kappa shape index (κ1) is 14.2. The SMILES string of the molecule is COc1ccc2c(c1C(=O)[O-])OB(O)CO2.[Na+]. The minimum absolute atomic E-state index is 0. The normalized spacial score (nSPS) is 12.7. The monoisotopic (exact) mass is 246 g/mol. The van der Waals surface area contributed by atoms with Crippen LogP contribution in [0.2, 0.25) is 0 Å². The van der Waals surface area contributed by atoms with Crippen LogP contribution >= 0.6 is 0 Å². The molecule has 1 aliphatic heterocycles. The first-order valence-electron chi connectivity index (χ1n) is 4.53. The van der Waals surface area contributed by atoms with E-state index in [1.54, 1.807) is 0 Å². The van der Waals surface area contributed by atoms with Gasteiger partial charge in [0.05, 0.1) is 18.6 Å². The average Bonchev–Trinajstić information content (AvgIpc) is 2.26. The van der Waals surface area contributed by atoms with Crippen molar-refractivity contribution >= 4 is 13.1 Å². The zero-order valence-corrected chi connectivity index (χ0v) is 11.4. The first-order chi connectivity index (χ1) is 7.63. The molecule has 17 heavy (non-hydrogen) atoms. The van der Waals surface area contributed by atoms with Crippen LogP contribution in [0.4, 0.5) is 0 Å². The van der Waals surface area contributed by atoms with Crippen molar-refractivity contribution in [3.63, 3.8) is 0 Å². The van der Waals surface area contributed by atoms with E-state index in [1.807, 2.05) is 0 Å². The maximum atomic E-state index is 11.0. The van der Waals surface area contributed by atoms with Crippen LogP contribution in [0.5, 0.6) is 17.2 Å². The molecule has 1 aromatic carbocycles. The average molecular weight is 246 g/mol. The molecule has 6 nitrogen and oxygen atoms in total. The van der Waals surface area contributed by atoms with Crippen molar-refractivity contribution in [2.45, 2.75) is 0 Å². The Morgan fingerprint density at radius 2 is 2.29 bits per heavy atom. The molecule has 0 unspecified atom stereocenters. The summed E-state index contributed by atoms with van der Waals surface area (Å²) in [4.78, 5) is 11.0. The van der Waals surface area contributed by atoms with E-state index in [1.165, 1.54) is 19.2 Å². The number of fused-ring (bicyclic) bond motifs is 1. The topological polar surface area (TPSA) is 88.1 Å². The van der Waals surface area contributed by atoms with E-state index >= 15 is 0 Å². The molecule has 0 aliphatic carbocycles. The number of benzene rings is 1. The van der Waals surface area contributed by atoms with Gasteiger partial charge in [-0.1, -0.05) is 0 Å². The Balaban J connectivity index is 0.00000144. The van der Waals surface area contributed by atoms with Crippen LogP contribution in [0.1, 0.15) is 10.4 Å². The molecule has 1 aliphatic rings. The summed E-state index contributed by atoms with van der Waals surface area (Å²) in [5.74, 6) is -1.19. The summed E-state index contributed by atoms with van der Waals surface area (Å²) < 4.78 is 15.0. The number of carboxylic acid groups (broad SMARTS) is 1. The summed E-state index contributed by atoms with van der Waals surface area (Å²) in [5, 5.41) is 20.2. The number of ether oxygens (including phenoxy) is 2. The molecule has 1 N–H and O–H groups in total. The van der Waals surface area contributed by atoms with Gasteiger partial charge in [0.1, 0.15) is 12.3 Å². The Labute approximate surface area is 120 Å². The van der Waals surface area contributed by atoms with Crippen molar-refractivity contribution < 1.29 is 58.6 Å². The minimum Gasteiger partial charge on any atom is -0.545 e. The van der Waals surface area contributed by atoms with Gasteiger partial charge in [0, 0.05) is 0 Å². The summed E-state index contributed by atoms with van der Waals surface area (Å²) >= 11 is 0. The molecule has 0 aromatic heterocycles. The van der Waals surface area contributed by atoms with Gasteiger partial charge in [-0.05, 0) is 12.1 Å². The molecule has 84 valence electrons. The van der Waals surface area contributed by atoms with E-state index in [0.717, 1.165) is 0 Å². The van der Waals surface area contributed by atoms with Crippen LogP contribution in [-0.4, -0.2) is 31.7 Å². The fourth-order valence-corrected chi connectivity index (χ4v) is 1.47. The molecule has 0 spiro atoms. The third-order valence-corrected chi connectivity index (χ3v) is 2.14. The smallest absolute Gasteiger partial charge is 0.545 e. The number of hydrogen-bond donors (Lipinski definition) is 1. The van der Waals surface area contributed by atoms with Crippen LogP contribution in [0.15, 0.2) is 12.1 Å². The predicted octanol–water partition coefficient (Wildman–Crippen LogP) is -4.15. The molecular formula is C9H8BNaO6. The van der Waals surface area contributed by atoms with Gasteiger partial charge in [-0.15, -0.1) is 0 Å². The van der Waals surface area contributed by atoms with Gasteiger partial charge in [0.15, 0.2) is 11.5 Å². The van der Waals surface area contributed by atoms with E-state index in [4.69, 9.17) is 14.1 Å². The number of carbonyl (C=O) groups excluding carboxylic acids is 1. The van der Waals surface area contributed by atoms with Gasteiger partial charge in [-0.3, -0.25) is 0 Å². The minimum atomic E-state index is -1.45. The van der Waals surface area contributed by atoms with E-state index in [9.17, 15) is 14.9 Å². The largest absolute Gasteiger partial charge is 1.00 e. The van der Waals surface area contributed by atoms with Crippen LogP contribution in [-0.2, 0) is 0 Å². The Bertz CT molecular complexity index is 438. The maximum absolute atomic E-state index is 11.0. The van der Waals surface area contributed by atoms with E-state index in [0.29, 0.717) is 0 Å². The second-order valence-electron chi connectivity index (χ2n) is 3.14. The Morgan fingerprint density at radius 1 is 1.59 bits per heavy atom. The third-order valence-electron chi connectivity index (χ3n) is 2.14. The Morgan fingerprint density at radius 3 is 2.88 bits per heavy atom. The second-order valence-corrected chi connectivity index (χ2v) is 3.14. The molecule has 0 fully saturated rings. The third kappa shape index (κ3) is 2.69. The van der Waals surface area contributed by atoms with Crippen LogP contribution < -0.4 is 48.8 Å². The van der Waals surface area contributed by atoms with Gasteiger partial charge in [-0.2, -0.15) is 0 Å². The van der Waals surface area contributed by atoms with E-state index < -0.39 is 13.1 Å². The molecule has 0 saturated carbocycles. The van der Waals surface area contributed by atoms with Gasteiger partial charge < -0.3 is 29.1 Å². The molecular weight excluding hydrogens is 238 g/mol. The Kier molecular flexibility index (Phi) is 4.70. The number of hydrogen-bond acceptors (Lipinski definition) is 6. The van der Waals surface area contributed by atoms with Crippen LogP contribution in [0, 0.1) is 0 Å². The summed E-state index contributed by atoms with van der Waals surface area (Å²) in [6.07, 6.45) is 0. The molecule has 0 amide bonds. The van der Waals surface area contributed by atoms with E-state index in [-0.39, 0.29) is 58.9 Å². The van der Waals surface area contributed by atoms with Gasteiger partial charge >= 0.3 is 36.7 Å². The Hall–Kier alpha value is -0.885. The molecule has 8 heteroatoms. The molecule has 2 rings (SSSR count). The van der Waals surface area contributed by atoms with Crippen molar-refractivity contribution in [2.24, 2.45) is 0 Å². The van der Waals surface area contributed by atoms with Crippen molar-refractivity contribution in [2.75, 3.05) is 13.6 Å². The van der Waals surface area contributed by atoms with Crippen molar-refractivity contribution in [1.82, 2.24) is 0 Å². The molecule has 0 bridgehead atoms. The van der Waals surface area contributed by atoms with Gasteiger partial charge in [0.2, 0.25) is 0 Å². The number of aromatic carboxylic acids is 1. The number of methoxy groups -OCH3 is 1. The zero-order valence-electron chi connectivity index (χ0n) is 9.43. The van der Waals surface area contributed by atoms with Crippen molar-refractivity contribution in [1.29, 1.82) is 0 Å². The molecule has 1 aromatic rings. The van der Waals surface area contributed by atoms with Gasteiger partial charge in [0.25, 0.3) is 0 Å². The number of carbonyl (C=O) groups is 1. The first-order valence-corrected chi connectivity index (χ1v) is 4.53. The summed E-state index contributed by atoms with van der Waals surface area (Å²) in [6, 6.07) is 2.94. The van der Waals surface area contributed by atoms with Crippen molar-refractivity contribution in [3.8, 4) is 17.2 Å². The second kappa shape index (κ2) is 5.64. The summed E-state index contributed by atoms with van der Waals surface area (Å²) in [6.45, 7) is -0.0498. The molecule has 0 radical (unpaired) electrons. The predicted molar refractivity (Wildman–Crippen MR) is 51.4 cm³/mol. The fraction of sp³-hybridized carbons (Fsp3) is 0.222. The zero-order chi connectivity index (χ0) is 11.7. The molecule has 0 saturated heterocycles. The summed E-state index contributed by atoms with van der Waals surface area (Å²) in [5.41, 5.74) is -0.265.